The number of benzene rings is 2. The second-order valence-electron chi connectivity index (χ2n) is 11.1. The number of carbonyl (C=O) groups excluding carboxylic acids is 2. The summed E-state index contributed by atoms with van der Waals surface area (Å²) in [4.78, 5) is 28.4. The molecule has 1 aliphatic heterocycles. The van der Waals surface area contributed by atoms with Gasteiger partial charge in [0.25, 0.3) is 17.4 Å². The zero-order valence-corrected chi connectivity index (χ0v) is 23.1. The molecular formula is C29H35ClF3N3O3. The molecule has 2 aromatic carbocycles. The van der Waals surface area contributed by atoms with E-state index in [2.05, 4.69) is 10.2 Å². The highest BCUT2D eigenvalue weighted by molar-refractivity contribution is 6.34. The molecule has 39 heavy (non-hydrogen) atoms. The topological polar surface area (TPSA) is 72.9 Å². The molecule has 2 aromatic rings. The zero-order chi connectivity index (χ0) is 28.6. The first-order chi connectivity index (χ1) is 18.3. The van der Waals surface area contributed by atoms with E-state index in [1.165, 1.54) is 25.2 Å². The van der Waals surface area contributed by atoms with E-state index in [1.54, 1.807) is 6.07 Å². The first-order valence-corrected chi connectivity index (χ1v) is 13.6. The fraction of sp³-hybridized carbons (Fsp3) is 0.517. The number of piperidine rings is 1. The number of hydrogen-bond donors (Lipinski definition) is 2. The van der Waals surface area contributed by atoms with Gasteiger partial charge in [0.15, 0.2) is 0 Å². The normalized spacial score (nSPS) is 20.0. The Hall–Kier alpha value is -2.78. The predicted molar refractivity (Wildman–Crippen MR) is 145 cm³/mol. The Labute approximate surface area is 232 Å². The van der Waals surface area contributed by atoms with Crippen molar-refractivity contribution in [3.8, 4) is 0 Å². The minimum atomic E-state index is -5.15. The molecule has 2 fully saturated rings. The van der Waals surface area contributed by atoms with Crippen molar-refractivity contribution in [2.45, 2.75) is 57.3 Å². The lowest BCUT2D eigenvalue weighted by Crippen LogP contribution is -2.55. The Morgan fingerprint density at radius 2 is 1.79 bits per heavy atom. The summed E-state index contributed by atoms with van der Waals surface area (Å²) in [7, 11) is 1.31. The van der Waals surface area contributed by atoms with Gasteiger partial charge in [-0.15, -0.1) is 0 Å². The van der Waals surface area contributed by atoms with E-state index in [0.29, 0.717) is 22.9 Å². The van der Waals surface area contributed by atoms with Crippen LogP contribution in [0.2, 0.25) is 5.02 Å². The number of hydrogen-bond acceptors (Lipinski definition) is 4. The number of amides is 2. The molecular weight excluding hydrogens is 531 g/mol. The SMILES string of the molecule is CC(C)NC(=O)c1ccc(N2CCC3(CC2)C[C@@H]3CCN(C)C(=O)C(O)(c2ccccc2)C(F)(F)F)cc1Cl. The third-order valence-electron chi connectivity index (χ3n) is 8.17. The summed E-state index contributed by atoms with van der Waals surface area (Å²) >= 11 is 6.41. The molecule has 0 bridgehead atoms. The van der Waals surface area contributed by atoms with Crippen molar-refractivity contribution in [2.24, 2.45) is 11.3 Å². The first kappa shape index (κ1) is 29.2. The minimum absolute atomic E-state index is 0.00982. The van der Waals surface area contributed by atoms with Crippen LogP contribution in [0.25, 0.3) is 0 Å². The van der Waals surface area contributed by atoms with E-state index < -0.39 is 23.2 Å². The Bertz CT molecular complexity index is 1200. The number of nitrogens with one attached hydrogen (secondary N) is 1. The number of nitrogens with zero attached hydrogens (tertiary/aromatic N) is 2. The second-order valence-corrected chi connectivity index (χ2v) is 11.5. The fourth-order valence-electron chi connectivity index (χ4n) is 5.70. The van der Waals surface area contributed by atoms with Crippen molar-refractivity contribution in [2.75, 3.05) is 31.6 Å². The lowest BCUT2D eigenvalue weighted by atomic mass is 9.89. The molecule has 1 spiro atoms. The molecule has 1 unspecified atom stereocenters. The van der Waals surface area contributed by atoms with Crippen molar-refractivity contribution in [3.63, 3.8) is 0 Å². The number of halogens is 4. The molecule has 4 rings (SSSR count). The molecule has 1 heterocycles. The molecule has 212 valence electrons. The third-order valence-corrected chi connectivity index (χ3v) is 8.48. The van der Waals surface area contributed by atoms with Crippen LogP contribution in [0.5, 0.6) is 0 Å². The summed E-state index contributed by atoms with van der Waals surface area (Å²) in [6, 6.07) is 12.0. The maximum Gasteiger partial charge on any atom is 0.430 e. The highest BCUT2D eigenvalue weighted by Crippen LogP contribution is 2.61. The van der Waals surface area contributed by atoms with Gasteiger partial charge in [0.05, 0.1) is 10.6 Å². The largest absolute Gasteiger partial charge is 0.430 e. The maximum atomic E-state index is 13.9. The summed E-state index contributed by atoms with van der Waals surface area (Å²) in [6.07, 6.45) is -1.73. The standard InChI is InChI=1S/C29H35ClF3N3O3/c1-19(2)34-25(37)23-10-9-22(17-24(23)30)36-15-12-27(13-16-36)18-21(27)11-14-35(3)26(38)28(39,29(31,32)33)20-7-5-4-6-8-20/h4-10,17,19,21,39H,11-16,18H2,1-3H3,(H,34,37)/t21-,28?/m0/s1. The number of alkyl halides is 3. The van der Waals surface area contributed by atoms with Crippen LogP contribution in [0.15, 0.2) is 48.5 Å². The Morgan fingerprint density at radius 1 is 1.15 bits per heavy atom. The van der Waals surface area contributed by atoms with Gasteiger partial charge in [0, 0.05) is 44.0 Å². The average molecular weight is 566 g/mol. The smallest absolute Gasteiger partial charge is 0.371 e. The molecule has 2 amide bonds. The second kappa shape index (κ2) is 11.0. The zero-order valence-electron chi connectivity index (χ0n) is 22.4. The summed E-state index contributed by atoms with van der Waals surface area (Å²) in [5.41, 5.74) is -2.56. The summed E-state index contributed by atoms with van der Waals surface area (Å²) < 4.78 is 41.6. The van der Waals surface area contributed by atoms with Gasteiger partial charge in [-0.1, -0.05) is 41.9 Å². The van der Waals surface area contributed by atoms with Gasteiger partial charge in [-0.05, 0) is 69.1 Å². The van der Waals surface area contributed by atoms with E-state index in [0.717, 1.165) is 55.1 Å². The van der Waals surface area contributed by atoms with Crippen molar-refractivity contribution < 1.29 is 27.9 Å². The lowest BCUT2D eigenvalue weighted by Gasteiger charge is -2.35. The van der Waals surface area contributed by atoms with Crippen LogP contribution >= 0.6 is 11.6 Å². The maximum absolute atomic E-state index is 13.9. The molecule has 1 saturated carbocycles. The van der Waals surface area contributed by atoms with Gasteiger partial charge in [-0.25, -0.2) is 0 Å². The van der Waals surface area contributed by atoms with Crippen LogP contribution in [-0.4, -0.2) is 60.7 Å². The van der Waals surface area contributed by atoms with Crippen LogP contribution in [-0.2, 0) is 10.4 Å². The fourth-order valence-corrected chi connectivity index (χ4v) is 5.96. The van der Waals surface area contributed by atoms with Crippen molar-refractivity contribution in [1.29, 1.82) is 0 Å². The summed E-state index contributed by atoms with van der Waals surface area (Å²) in [5, 5.41) is 13.8. The number of anilines is 1. The predicted octanol–water partition coefficient (Wildman–Crippen LogP) is 5.38. The Morgan fingerprint density at radius 3 is 2.36 bits per heavy atom. The minimum Gasteiger partial charge on any atom is -0.371 e. The van der Waals surface area contributed by atoms with E-state index in [-0.39, 0.29) is 23.9 Å². The number of rotatable bonds is 8. The number of carbonyl (C=O) groups is 2. The molecule has 2 atom stereocenters. The van der Waals surface area contributed by atoms with Gasteiger partial charge < -0.3 is 20.2 Å². The highest BCUT2D eigenvalue weighted by atomic mass is 35.5. The van der Waals surface area contributed by atoms with Gasteiger partial charge in [0.2, 0.25) is 0 Å². The van der Waals surface area contributed by atoms with Gasteiger partial charge in [-0.2, -0.15) is 13.2 Å². The van der Waals surface area contributed by atoms with E-state index in [4.69, 9.17) is 11.6 Å². The number of likely N-dealkylation sites (N-methyl/N-ethyl adjacent to an activating group) is 1. The first-order valence-electron chi connectivity index (χ1n) is 13.2. The van der Waals surface area contributed by atoms with E-state index in [1.807, 2.05) is 26.0 Å². The number of aliphatic hydroxyl groups is 1. The molecule has 6 nitrogen and oxygen atoms in total. The van der Waals surface area contributed by atoms with E-state index >= 15 is 0 Å². The van der Waals surface area contributed by atoms with Gasteiger partial charge >= 0.3 is 6.18 Å². The highest BCUT2D eigenvalue weighted by Gasteiger charge is 2.62. The van der Waals surface area contributed by atoms with Crippen LogP contribution in [0, 0.1) is 11.3 Å². The van der Waals surface area contributed by atoms with Crippen LogP contribution in [0.3, 0.4) is 0 Å². The summed E-state index contributed by atoms with van der Waals surface area (Å²) in [6.45, 7) is 5.52. The molecule has 10 heteroatoms. The van der Waals surface area contributed by atoms with Gasteiger partial charge in [-0.3, -0.25) is 9.59 Å². The van der Waals surface area contributed by atoms with E-state index in [9.17, 15) is 27.9 Å². The third kappa shape index (κ3) is 5.89. The van der Waals surface area contributed by atoms with Crippen molar-refractivity contribution >= 4 is 29.1 Å². The molecule has 2 N–H and O–H groups in total. The molecule has 0 aromatic heterocycles. The van der Waals surface area contributed by atoms with Crippen molar-refractivity contribution in [3.05, 3.63) is 64.7 Å². The molecule has 1 aliphatic carbocycles. The molecule has 2 aliphatic rings. The van der Waals surface area contributed by atoms with Gasteiger partial charge in [0.1, 0.15) is 0 Å². The van der Waals surface area contributed by atoms with Crippen LogP contribution in [0.1, 0.15) is 55.5 Å². The quantitative estimate of drug-likeness (QED) is 0.451. The average Bonchev–Trinajstić information content (AvgIpc) is 3.57. The summed E-state index contributed by atoms with van der Waals surface area (Å²) in [5.74, 6) is -1.26. The van der Waals surface area contributed by atoms with Crippen LogP contribution in [0.4, 0.5) is 18.9 Å². The molecule has 1 saturated heterocycles. The van der Waals surface area contributed by atoms with Crippen LogP contribution < -0.4 is 10.2 Å². The van der Waals surface area contributed by atoms with Crippen molar-refractivity contribution in [1.82, 2.24) is 10.2 Å². The lowest BCUT2D eigenvalue weighted by molar-refractivity contribution is -0.261. The monoisotopic (exact) mass is 565 g/mol. The molecule has 0 radical (unpaired) electrons. The Kier molecular flexibility index (Phi) is 8.24. The Balaban J connectivity index is 1.32.